The molecule has 1 aliphatic heterocycles. The summed E-state index contributed by atoms with van der Waals surface area (Å²) in [6, 6.07) is 7.30. The number of allylic oxidation sites excluding steroid dienone is 2. The first-order chi connectivity index (χ1) is 13.5. The lowest BCUT2D eigenvalue weighted by Crippen LogP contribution is -2.38. The molecule has 2 aliphatic rings. The van der Waals surface area contributed by atoms with Crippen LogP contribution < -0.4 is 10.1 Å². The van der Waals surface area contributed by atoms with E-state index in [-0.39, 0.29) is 40.6 Å². The third-order valence-corrected chi connectivity index (χ3v) is 6.56. The highest BCUT2D eigenvalue weighted by atomic mass is 35.5. The van der Waals surface area contributed by atoms with Crippen molar-refractivity contribution in [3.63, 3.8) is 0 Å². The Labute approximate surface area is 172 Å². The van der Waals surface area contributed by atoms with Gasteiger partial charge in [-0.15, -0.1) is 11.3 Å². The summed E-state index contributed by atoms with van der Waals surface area (Å²) in [5.41, 5.74) is 2.06. The van der Waals surface area contributed by atoms with E-state index in [2.05, 4.69) is 5.32 Å². The molecular weight excluding hydrogens is 398 g/mol. The minimum Gasteiger partial charge on any atom is -0.503 e. The second-order valence-electron chi connectivity index (χ2n) is 7.02. The number of phenolic OH excluding ortho intramolecular Hbond substituents is 1. The molecule has 1 aromatic heterocycles. The van der Waals surface area contributed by atoms with Gasteiger partial charge in [0, 0.05) is 40.8 Å². The number of phenols is 1. The number of rotatable bonds is 4. The molecule has 2 heterocycles. The molecular formula is C21H20ClNO4S. The molecule has 0 fully saturated rings. The first-order valence-corrected chi connectivity index (χ1v) is 10.5. The smallest absolute Gasteiger partial charge is 0.225 e. The molecule has 2 N–H and O–H groups in total. The molecule has 0 bridgehead atoms. The molecule has 1 amide bonds. The first-order valence-electron chi connectivity index (χ1n) is 9.22. The van der Waals surface area contributed by atoms with Crippen LogP contribution >= 0.6 is 22.9 Å². The summed E-state index contributed by atoms with van der Waals surface area (Å²) in [7, 11) is 0. The van der Waals surface area contributed by atoms with Crippen molar-refractivity contribution in [2.24, 2.45) is 0 Å². The summed E-state index contributed by atoms with van der Waals surface area (Å²) in [4.78, 5) is 26.6. The van der Waals surface area contributed by atoms with Crippen molar-refractivity contribution >= 4 is 34.6 Å². The van der Waals surface area contributed by atoms with Gasteiger partial charge in [-0.2, -0.15) is 0 Å². The van der Waals surface area contributed by atoms with E-state index in [4.69, 9.17) is 16.3 Å². The zero-order valence-corrected chi connectivity index (χ0v) is 16.9. The third-order valence-electron chi connectivity index (χ3n) is 5.23. The van der Waals surface area contributed by atoms with Crippen molar-refractivity contribution < 1.29 is 19.4 Å². The molecule has 1 aromatic carbocycles. The molecule has 0 saturated carbocycles. The molecule has 0 saturated heterocycles. The lowest BCUT2D eigenvalue weighted by Gasteiger charge is -2.34. The van der Waals surface area contributed by atoms with Crippen LogP contribution in [0.2, 0.25) is 5.02 Å². The van der Waals surface area contributed by atoms with E-state index in [9.17, 15) is 14.7 Å². The number of Topliss-reactive ketones (excluding diaryl/α,β-unsaturated/α-hetero) is 1. The van der Waals surface area contributed by atoms with Gasteiger partial charge in [-0.1, -0.05) is 17.7 Å². The largest absolute Gasteiger partial charge is 0.503 e. The van der Waals surface area contributed by atoms with Gasteiger partial charge in [0.1, 0.15) is 0 Å². The van der Waals surface area contributed by atoms with Crippen LogP contribution in [0.1, 0.15) is 48.5 Å². The second-order valence-corrected chi connectivity index (χ2v) is 8.41. The SMILES string of the molecule is CCOc1cc([C@@H]2CC(=O)NC3=C2C(=O)C[C@@H](c2cccs2)C3)cc(Cl)c1O. The normalized spacial score (nSPS) is 22.1. The molecule has 5 nitrogen and oxygen atoms in total. The fourth-order valence-corrected chi connectivity index (χ4v) is 5.08. The Bertz CT molecular complexity index is 967. The number of thiophene rings is 1. The van der Waals surface area contributed by atoms with Crippen molar-refractivity contribution in [3.8, 4) is 11.5 Å². The fraction of sp³-hybridized carbons (Fsp3) is 0.333. The molecule has 4 rings (SSSR count). The number of amides is 1. The molecule has 0 unspecified atom stereocenters. The molecule has 0 radical (unpaired) electrons. The Kier molecular flexibility index (Phi) is 5.17. The summed E-state index contributed by atoms with van der Waals surface area (Å²) in [5, 5.41) is 15.2. The van der Waals surface area contributed by atoms with Gasteiger partial charge in [-0.3, -0.25) is 9.59 Å². The van der Waals surface area contributed by atoms with E-state index in [1.165, 1.54) is 0 Å². The number of ketones is 1. The van der Waals surface area contributed by atoms with Gasteiger partial charge < -0.3 is 15.2 Å². The molecule has 1 aliphatic carbocycles. The molecule has 0 spiro atoms. The lowest BCUT2D eigenvalue weighted by atomic mass is 9.74. The topological polar surface area (TPSA) is 75.6 Å². The van der Waals surface area contributed by atoms with E-state index in [1.54, 1.807) is 23.5 Å². The highest BCUT2D eigenvalue weighted by Crippen LogP contribution is 2.46. The van der Waals surface area contributed by atoms with Gasteiger partial charge in [0.25, 0.3) is 0 Å². The second kappa shape index (κ2) is 7.60. The summed E-state index contributed by atoms with van der Waals surface area (Å²) in [5.74, 6) is -0.241. The van der Waals surface area contributed by atoms with Crippen molar-refractivity contribution in [3.05, 3.63) is 56.4 Å². The van der Waals surface area contributed by atoms with Gasteiger partial charge in [0.05, 0.1) is 11.6 Å². The third kappa shape index (κ3) is 3.42. The average Bonchev–Trinajstić information content (AvgIpc) is 3.19. The number of nitrogens with one attached hydrogen (secondary N) is 1. The van der Waals surface area contributed by atoms with E-state index in [1.807, 2.05) is 24.4 Å². The van der Waals surface area contributed by atoms with Gasteiger partial charge in [-0.25, -0.2) is 0 Å². The number of benzene rings is 1. The van der Waals surface area contributed by atoms with Crippen LogP contribution in [0.15, 0.2) is 40.9 Å². The Balaban J connectivity index is 1.75. The van der Waals surface area contributed by atoms with Gasteiger partial charge in [0.2, 0.25) is 5.91 Å². The molecule has 146 valence electrons. The highest BCUT2D eigenvalue weighted by Gasteiger charge is 2.38. The maximum atomic E-state index is 13.1. The highest BCUT2D eigenvalue weighted by molar-refractivity contribution is 7.10. The van der Waals surface area contributed by atoms with E-state index >= 15 is 0 Å². The number of hydrogen-bond donors (Lipinski definition) is 2. The van der Waals surface area contributed by atoms with Crippen molar-refractivity contribution in [2.75, 3.05) is 6.61 Å². The Morgan fingerprint density at radius 1 is 1.29 bits per heavy atom. The minimum absolute atomic E-state index is 0.0480. The van der Waals surface area contributed by atoms with Crippen molar-refractivity contribution in [1.29, 1.82) is 0 Å². The van der Waals surface area contributed by atoms with Crippen LogP contribution in [0.4, 0.5) is 0 Å². The quantitative estimate of drug-likeness (QED) is 0.767. The summed E-state index contributed by atoms with van der Waals surface area (Å²) in [6.45, 7) is 2.18. The van der Waals surface area contributed by atoms with Crippen LogP contribution in [0, 0.1) is 0 Å². The summed E-state index contributed by atoms with van der Waals surface area (Å²) >= 11 is 7.81. The number of halogens is 1. The van der Waals surface area contributed by atoms with Crippen molar-refractivity contribution in [1.82, 2.24) is 5.32 Å². The zero-order chi connectivity index (χ0) is 19.8. The average molecular weight is 418 g/mol. The Hall–Kier alpha value is -2.31. The van der Waals surface area contributed by atoms with E-state index in [0.29, 0.717) is 36.3 Å². The number of aromatic hydroxyl groups is 1. The monoisotopic (exact) mass is 417 g/mol. The van der Waals surface area contributed by atoms with Crippen molar-refractivity contribution in [2.45, 2.75) is 38.0 Å². The fourth-order valence-electron chi connectivity index (χ4n) is 4.03. The molecule has 7 heteroatoms. The lowest BCUT2D eigenvalue weighted by molar-refractivity contribution is -0.122. The maximum absolute atomic E-state index is 13.1. The van der Waals surface area contributed by atoms with Crippen LogP contribution in [-0.4, -0.2) is 23.4 Å². The molecule has 28 heavy (non-hydrogen) atoms. The number of carbonyl (C=O) groups excluding carboxylic acids is 2. The zero-order valence-electron chi connectivity index (χ0n) is 15.3. The number of ether oxygens (including phenoxy) is 1. The van der Waals surface area contributed by atoms with Gasteiger partial charge >= 0.3 is 0 Å². The first kappa shape index (κ1) is 19.0. The predicted molar refractivity (Wildman–Crippen MR) is 108 cm³/mol. The minimum atomic E-state index is -0.391. The summed E-state index contributed by atoms with van der Waals surface area (Å²) < 4.78 is 5.47. The summed E-state index contributed by atoms with van der Waals surface area (Å²) in [6.07, 6.45) is 1.23. The molecule has 2 aromatic rings. The van der Waals surface area contributed by atoms with Crippen LogP contribution in [0.5, 0.6) is 11.5 Å². The van der Waals surface area contributed by atoms with Crippen LogP contribution in [0.25, 0.3) is 0 Å². The van der Waals surface area contributed by atoms with Gasteiger partial charge in [0.15, 0.2) is 17.3 Å². The molecule has 2 atom stereocenters. The number of carbonyl (C=O) groups is 2. The van der Waals surface area contributed by atoms with Crippen LogP contribution in [0.3, 0.4) is 0 Å². The standard InChI is InChI=1S/C21H20ClNO4S/c1-2-27-17-9-11(6-14(22)21(17)26)13-10-19(25)23-15-7-12(8-16(24)20(13)15)18-4-3-5-28-18/h3-6,9,12-13,26H,2,7-8,10H2,1H3,(H,23,25)/t12-,13-/m0/s1. The predicted octanol–water partition coefficient (Wildman–Crippen LogP) is 4.51. The number of hydrogen-bond acceptors (Lipinski definition) is 5. The van der Waals surface area contributed by atoms with Gasteiger partial charge in [-0.05, 0) is 42.5 Å². The Morgan fingerprint density at radius 3 is 2.82 bits per heavy atom. The van der Waals surface area contributed by atoms with Crippen LogP contribution in [-0.2, 0) is 9.59 Å². The van der Waals surface area contributed by atoms with E-state index in [0.717, 1.165) is 4.88 Å². The van der Waals surface area contributed by atoms with E-state index < -0.39 is 5.92 Å². The Morgan fingerprint density at radius 2 is 2.11 bits per heavy atom. The maximum Gasteiger partial charge on any atom is 0.225 e.